The zero-order valence-corrected chi connectivity index (χ0v) is 16.9. The minimum absolute atomic E-state index is 0.0222. The van der Waals surface area contributed by atoms with Gasteiger partial charge >= 0.3 is 0 Å². The molecular formula is C22H34N2O4. The lowest BCUT2D eigenvalue weighted by atomic mass is 9.91. The molecule has 0 saturated heterocycles. The van der Waals surface area contributed by atoms with Crippen LogP contribution in [-0.2, 0) is 6.42 Å². The van der Waals surface area contributed by atoms with Crippen molar-refractivity contribution < 1.29 is 19.7 Å². The summed E-state index contributed by atoms with van der Waals surface area (Å²) in [5.41, 5.74) is 1.56. The maximum absolute atomic E-state index is 13.1. The average Bonchev–Trinajstić information content (AvgIpc) is 2.65. The lowest BCUT2D eigenvalue weighted by molar-refractivity contribution is -0.0116. The first kappa shape index (κ1) is 21.1. The lowest BCUT2D eigenvalue weighted by Crippen LogP contribution is -2.41. The molecule has 1 aliphatic carbocycles. The van der Waals surface area contributed by atoms with Gasteiger partial charge < -0.3 is 25.2 Å². The Labute approximate surface area is 167 Å². The fourth-order valence-electron chi connectivity index (χ4n) is 3.84. The molecule has 156 valence electrons. The van der Waals surface area contributed by atoms with E-state index < -0.39 is 12.2 Å². The maximum Gasteiger partial charge on any atom is 0.257 e. The summed E-state index contributed by atoms with van der Waals surface area (Å²) in [6, 6.07) is 6.04. The minimum atomic E-state index is -0.981. The van der Waals surface area contributed by atoms with Gasteiger partial charge in [0.05, 0.1) is 11.7 Å². The first-order valence-electron chi connectivity index (χ1n) is 10.7. The molecule has 28 heavy (non-hydrogen) atoms. The molecule has 1 heterocycles. The van der Waals surface area contributed by atoms with Crippen LogP contribution in [0.4, 0.5) is 0 Å². The molecule has 1 amide bonds. The Morgan fingerprint density at radius 1 is 1.07 bits per heavy atom. The predicted octanol–water partition coefficient (Wildman–Crippen LogP) is 2.12. The molecule has 3 rings (SSSR count). The van der Waals surface area contributed by atoms with Crippen LogP contribution in [0.5, 0.6) is 5.75 Å². The van der Waals surface area contributed by atoms with Gasteiger partial charge in [0.15, 0.2) is 0 Å². The number of aryl methyl sites for hydroxylation is 1. The van der Waals surface area contributed by atoms with E-state index in [0.717, 1.165) is 50.6 Å². The van der Waals surface area contributed by atoms with Gasteiger partial charge in [-0.15, -0.1) is 0 Å². The summed E-state index contributed by atoms with van der Waals surface area (Å²) in [6.07, 6.45) is 5.95. The Morgan fingerprint density at radius 2 is 1.89 bits per heavy atom. The van der Waals surface area contributed by atoms with Crippen LogP contribution in [0, 0.1) is 0 Å². The largest absolute Gasteiger partial charge is 0.490 e. The van der Waals surface area contributed by atoms with E-state index in [9.17, 15) is 15.0 Å². The van der Waals surface area contributed by atoms with Crippen LogP contribution in [0.3, 0.4) is 0 Å². The van der Waals surface area contributed by atoms with Crippen LogP contribution < -0.4 is 10.1 Å². The topological polar surface area (TPSA) is 82.0 Å². The van der Waals surface area contributed by atoms with Crippen LogP contribution in [0.1, 0.15) is 60.9 Å². The van der Waals surface area contributed by atoms with Crippen LogP contribution in [-0.4, -0.2) is 66.0 Å². The summed E-state index contributed by atoms with van der Waals surface area (Å²) < 4.78 is 5.97. The summed E-state index contributed by atoms with van der Waals surface area (Å²) >= 11 is 0. The quantitative estimate of drug-likeness (QED) is 0.721. The maximum atomic E-state index is 13.1. The zero-order chi connectivity index (χ0) is 19.9. The van der Waals surface area contributed by atoms with E-state index in [1.54, 1.807) is 0 Å². The van der Waals surface area contributed by atoms with Gasteiger partial charge in [-0.1, -0.05) is 18.6 Å². The highest BCUT2D eigenvalue weighted by Crippen LogP contribution is 2.30. The van der Waals surface area contributed by atoms with Gasteiger partial charge in [-0.05, 0) is 69.7 Å². The highest BCUT2D eigenvalue weighted by atomic mass is 16.5. The normalized spacial score (nSPS) is 25.0. The van der Waals surface area contributed by atoms with Crippen LogP contribution in [0.15, 0.2) is 18.2 Å². The van der Waals surface area contributed by atoms with Crippen molar-refractivity contribution in [2.24, 2.45) is 0 Å². The third kappa shape index (κ3) is 5.25. The van der Waals surface area contributed by atoms with Gasteiger partial charge in [0.2, 0.25) is 0 Å². The number of amides is 1. The lowest BCUT2D eigenvalue weighted by Gasteiger charge is -2.35. The molecular weight excluding hydrogens is 356 g/mol. The van der Waals surface area contributed by atoms with Crippen LogP contribution in [0.25, 0.3) is 0 Å². The number of rotatable bonds is 2. The zero-order valence-electron chi connectivity index (χ0n) is 16.9. The molecule has 6 nitrogen and oxygen atoms in total. The SMILES string of the molecule is CN(C(=O)c1cccc2c1OC[C@@H](O)[C@@H](O)CCNCCCCC2)C1CCC1. The molecule has 1 aromatic carbocycles. The first-order valence-corrected chi connectivity index (χ1v) is 10.7. The number of benzene rings is 1. The molecule has 1 fully saturated rings. The number of aliphatic hydroxyl groups is 2. The van der Waals surface area contributed by atoms with Crippen LogP contribution in [0.2, 0.25) is 0 Å². The van der Waals surface area contributed by atoms with Crippen molar-refractivity contribution >= 4 is 5.91 Å². The van der Waals surface area contributed by atoms with E-state index in [4.69, 9.17) is 4.74 Å². The molecule has 1 saturated carbocycles. The summed E-state index contributed by atoms with van der Waals surface area (Å²) in [5.74, 6) is 0.544. The molecule has 0 radical (unpaired) electrons. The average molecular weight is 391 g/mol. The fraction of sp³-hybridized carbons (Fsp3) is 0.682. The summed E-state index contributed by atoms with van der Waals surface area (Å²) in [4.78, 5) is 14.9. The Kier molecular flexibility index (Phi) is 7.71. The van der Waals surface area contributed by atoms with Gasteiger partial charge in [0.1, 0.15) is 18.5 Å². The molecule has 1 aromatic rings. The number of ether oxygens (including phenoxy) is 1. The fourth-order valence-corrected chi connectivity index (χ4v) is 3.84. The second-order valence-corrected chi connectivity index (χ2v) is 8.09. The second-order valence-electron chi connectivity index (χ2n) is 8.09. The molecule has 3 N–H and O–H groups in total. The number of fused-ring (bicyclic) bond motifs is 1. The Bertz CT molecular complexity index is 647. The van der Waals surface area contributed by atoms with Gasteiger partial charge in [-0.3, -0.25) is 4.79 Å². The van der Waals surface area contributed by atoms with Crippen molar-refractivity contribution in [3.8, 4) is 5.75 Å². The number of carbonyl (C=O) groups excluding carboxylic acids is 1. The molecule has 0 aromatic heterocycles. The molecule has 0 unspecified atom stereocenters. The number of para-hydroxylation sites is 1. The Balaban J connectivity index is 1.82. The third-order valence-corrected chi connectivity index (χ3v) is 6.03. The Hall–Kier alpha value is -1.63. The molecule has 0 spiro atoms. The van der Waals surface area contributed by atoms with Crippen molar-refractivity contribution in [2.45, 2.75) is 69.6 Å². The third-order valence-electron chi connectivity index (χ3n) is 6.03. The van der Waals surface area contributed by atoms with E-state index in [2.05, 4.69) is 5.32 Å². The highest BCUT2D eigenvalue weighted by molar-refractivity contribution is 5.97. The number of nitrogens with zero attached hydrogens (tertiary/aromatic N) is 1. The summed E-state index contributed by atoms with van der Waals surface area (Å²) in [5, 5.41) is 23.8. The molecule has 6 heteroatoms. The monoisotopic (exact) mass is 390 g/mol. The number of hydrogen-bond donors (Lipinski definition) is 3. The molecule has 2 aliphatic rings. The van der Waals surface area contributed by atoms with E-state index in [-0.39, 0.29) is 12.5 Å². The summed E-state index contributed by atoms with van der Waals surface area (Å²) in [7, 11) is 1.86. The van der Waals surface area contributed by atoms with E-state index in [1.807, 2.05) is 30.1 Å². The van der Waals surface area contributed by atoms with E-state index in [1.165, 1.54) is 6.42 Å². The van der Waals surface area contributed by atoms with E-state index in [0.29, 0.717) is 30.3 Å². The Morgan fingerprint density at radius 3 is 2.64 bits per heavy atom. The van der Waals surface area contributed by atoms with Gasteiger partial charge in [-0.2, -0.15) is 0 Å². The van der Waals surface area contributed by atoms with Crippen molar-refractivity contribution in [1.29, 1.82) is 0 Å². The van der Waals surface area contributed by atoms with Gasteiger partial charge in [0, 0.05) is 13.1 Å². The number of carbonyl (C=O) groups is 1. The number of aliphatic hydroxyl groups excluding tert-OH is 2. The molecule has 1 aliphatic heterocycles. The second kappa shape index (κ2) is 10.2. The summed E-state index contributed by atoms with van der Waals surface area (Å²) in [6.45, 7) is 1.56. The first-order chi connectivity index (χ1) is 13.6. The van der Waals surface area contributed by atoms with E-state index >= 15 is 0 Å². The predicted molar refractivity (Wildman–Crippen MR) is 109 cm³/mol. The molecule has 0 bridgehead atoms. The standard InChI is InChI=1S/C22H34N2O4/c1-24(17-9-6-10-17)22(27)18-11-5-8-16-7-3-2-4-13-23-14-12-19(25)20(26)15-28-21(16)18/h5,8,11,17,19-20,23,25-26H,2-4,6-7,9-10,12-15H2,1H3/t19-,20+/m0/s1. The van der Waals surface area contributed by atoms with Crippen molar-refractivity contribution in [2.75, 3.05) is 26.7 Å². The van der Waals surface area contributed by atoms with Crippen LogP contribution >= 0.6 is 0 Å². The van der Waals surface area contributed by atoms with Crippen molar-refractivity contribution in [3.63, 3.8) is 0 Å². The smallest absolute Gasteiger partial charge is 0.257 e. The highest BCUT2D eigenvalue weighted by Gasteiger charge is 2.29. The van der Waals surface area contributed by atoms with Crippen molar-refractivity contribution in [3.05, 3.63) is 29.3 Å². The van der Waals surface area contributed by atoms with Gasteiger partial charge in [-0.25, -0.2) is 0 Å². The minimum Gasteiger partial charge on any atom is -0.490 e. The number of nitrogens with one attached hydrogen (secondary N) is 1. The van der Waals surface area contributed by atoms with Crippen molar-refractivity contribution in [1.82, 2.24) is 10.2 Å². The molecule has 2 atom stereocenters. The van der Waals surface area contributed by atoms with Gasteiger partial charge in [0.25, 0.3) is 5.91 Å². The number of hydrogen-bond acceptors (Lipinski definition) is 5.